The Balaban J connectivity index is 1.18. The summed E-state index contributed by atoms with van der Waals surface area (Å²) in [6.45, 7) is 9.66. The van der Waals surface area contributed by atoms with Crippen molar-refractivity contribution in [1.29, 1.82) is 0 Å². The van der Waals surface area contributed by atoms with Crippen molar-refractivity contribution in [3.05, 3.63) is 163 Å². The van der Waals surface area contributed by atoms with Gasteiger partial charge in [-0.05, 0) is 88.0 Å². The molecule has 10 aromatic rings. The third-order valence-corrected chi connectivity index (χ3v) is 12.4. The first-order chi connectivity index (χ1) is 27.2. The number of para-hydroxylation sites is 2. The molecule has 0 saturated heterocycles. The molecule has 0 radical (unpaired) electrons. The summed E-state index contributed by atoms with van der Waals surface area (Å²) in [4.78, 5) is 15.6. The molecule has 11 rings (SSSR count). The van der Waals surface area contributed by atoms with Crippen LogP contribution in [0.15, 0.2) is 152 Å². The van der Waals surface area contributed by atoms with E-state index in [9.17, 15) is 0 Å². The summed E-state index contributed by atoms with van der Waals surface area (Å²) >= 11 is 0. The van der Waals surface area contributed by atoms with Crippen LogP contribution in [0.1, 0.15) is 51.7 Å². The third-order valence-electron chi connectivity index (χ3n) is 12.4. The largest absolute Gasteiger partial charge is 0.309 e. The smallest absolute Gasteiger partial charge is 0.238 e. The van der Waals surface area contributed by atoms with E-state index in [4.69, 9.17) is 15.0 Å². The summed E-state index contributed by atoms with van der Waals surface area (Å²) in [5.41, 5.74) is 10.6. The minimum Gasteiger partial charge on any atom is -0.309 e. The van der Waals surface area contributed by atoms with Crippen LogP contribution in [-0.2, 0) is 10.8 Å². The van der Waals surface area contributed by atoms with Crippen molar-refractivity contribution in [2.24, 2.45) is 0 Å². The van der Waals surface area contributed by atoms with E-state index in [-0.39, 0.29) is 10.8 Å². The van der Waals surface area contributed by atoms with Crippen LogP contribution < -0.4 is 0 Å². The predicted molar refractivity (Wildman–Crippen MR) is 232 cm³/mol. The molecule has 3 aromatic heterocycles. The van der Waals surface area contributed by atoms with Gasteiger partial charge in [0.25, 0.3) is 0 Å². The Kier molecular flexibility index (Phi) is 7.00. The minimum atomic E-state index is 0.0756. The molecule has 0 spiro atoms. The monoisotopic (exact) mass is 723 g/mol. The number of rotatable bonds is 4. The zero-order valence-corrected chi connectivity index (χ0v) is 32.1. The Morgan fingerprint density at radius 3 is 1.73 bits per heavy atom. The first-order valence-electron chi connectivity index (χ1n) is 19.7. The standard InChI is InChI=1S/C51H41N5/c1-50(2)27-28-51(3,4)41-31-45-39(30-40(41)50)46-36-20-9-8-15-32(36)25-26-44(46)55(45)35-19-14-18-34(29-35)48-52-47(33-16-6-5-7-17-33)53-49(54-48)56-42-23-12-10-21-37(42)38-22-11-13-24-43(38)56/h5-26,29-31H,27-28H2,1-4H3. The molecule has 0 bridgehead atoms. The van der Waals surface area contributed by atoms with E-state index >= 15 is 0 Å². The van der Waals surface area contributed by atoms with Gasteiger partial charge in [0.05, 0.1) is 22.1 Å². The van der Waals surface area contributed by atoms with Crippen molar-refractivity contribution >= 4 is 54.4 Å². The van der Waals surface area contributed by atoms with Crippen molar-refractivity contribution < 1.29 is 0 Å². The van der Waals surface area contributed by atoms with Gasteiger partial charge in [-0.25, -0.2) is 4.98 Å². The van der Waals surface area contributed by atoms with Crippen molar-refractivity contribution in [3.63, 3.8) is 0 Å². The van der Waals surface area contributed by atoms with Crippen LogP contribution in [0.4, 0.5) is 0 Å². The van der Waals surface area contributed by atoms with E-state index in [1.54, 1.807) is 0 Å². The molecule has 5 nitrogen and oxygen atoms in total. The van der Waals surface area contributed by atoms with E-state index < -0.39 is 0 Å². The van der Waals surface area contributed by atoms with Crippen molar-refractivity contribution in [3.8, 4) is 34.4 Å². The summed E-state index contributed by atoms with van der Waals surface area (Å²) in [6, 6.07) is 54.3. The van der Waals surface area contributed by atoms with Crippen molar-refractivity contribution in [1.82, 2.24) is 24.1 Å². The summed E-state index contributed by atoms with van der Waals surface area (Å²) in [7, 11) is 0. The zero-order chi connectivity index (χ0) is 37.8. The molecule has 270 valence electrons. The molecule has 0 N–H and O–H groups in total. The van der Waals surface area contributed by atoms with Gasteiger partial charge in [-0.1, -0.05) is 137 Å². The molecule has 5 heteroatoms. The molecule has 0 fully saturated rings. The topological polar surface area (TPSA) is 48.5 Å². The van der Waals surface area contributed by atoms with Gasteiger partial charge in [-0.3, -0.25) is 4.57 Å². The Hall–Kier alpha value is -6.59. The highest BCUT2D eigenvalue weighted by Crippen LogP contribution is 2.49. The maximum absolute atomic E-state index is 5.28. The molecule has 56 heavy (non-hydrogen) atoms. The minimum absolute atomic E-state index is 0.0756. The van der Waals surface area contributed by atoms with Gasteiger partial charge in [0, 0.05) is 38.4 Å². The van der Waals surface area contributed by atoms with E-state index in [0.717, 1.165) is 34.3 Å². The number of benzene rings is 7. The van der Waals surface area contributed by atoms with Crippen LogP contribution in [0.25, 0.3) is 88.8 Å². The van der Waals surface area contributed by atoms with Crippen LogP contribution in [0.3, 0.4) is 0 Å². The quantitative estimate of drug-likeness (QED) is 0.182. The van der Waals surface area contributed by atoms with Gasteiger partial charge in [-0.2, -0.15) is 9.97 Å². The summed E-state index contributed by atoms with van der Waals surface area (Å²) < 4.78 is 4.64. The Labute approximate surface area is 325 Å². The first-order valence-corrected chi connectivity index (χ1v) is 19.7. The average Bonchev–Trinajstić information content (AvgIpc) is 3.75. The van der Waals surface area contributed by atoms with Crippen molar-refractivity contribution in [2.75, 3.05) is 0 Å². The summed E-state index contributed by atoms with van der Waals surface area (Å²) in [6.07, 6.45) is 2.34. The molecule has 1 aliphatic carbocycles. The third kappa shape index (κ3) is 4.90. The van der Waals surface area contributed by atoms with Gasteiger partial charge < -0.3 is 4.57 Å². The SMILES string of the molecule is CC1(C)CCC(C)(C)c2cc3c(cc21)c1c2ccccc2ccc1n3-c1cccc(-c2nc(-c3ccccc3)nc(-n3c4ccccc4c4ccccc43)n2)c1. The van der Waals surface area contributed by atoms with E-state index in [1.807, 2.05) is 18.2 Å². The molecule has 0 amide bonds. The number of aromatic nitrogens is 5. The normalized spacial score (nSPS) is 14.9. The molecular formula is C51H41N5. The predicted octanol–water partition coefficient (Wildman–Crippen LogP) is 12.9. The second-order valence-electron chi connectivity index (χ2n) is 16.8. The molecule has 0 aliphatic heterocycles. The number of nitrogens with zero attached hydrogens (tertiary/aromatic N) is 5. The molecular weight excluding hydrogens is 683 g/mol. The lowest BCUT2D eigenvalue weighted by atomic mass is 9.63. The Morgan fingerprint density at radius 1 is 0.429 bits per heavy atom. The van der Waals surface area contributed by atoms with E-state index in [2.05, 4.69) is 170 Å². The van der Waals surface area contributed by atoms with Gasteiger partial charge >= 0.3 is 0 Å². The highest BCUT2D eigenvalue weighted by Gasteiger charge is 2.38. The second kappa shape index (κ2) is 12.0. The number of fused-ring (bicyclic) bond motifs is 9. The maximum Gasteiger partial charge on any atom is 0.238 e. The number of hydrogen-bond acceptors (Lipinski definition) is 3. The van der Waals surface area contributed by atoms with Crippen molar-refractivity contribution in [2.45, 2.75) is 51.4 Å². The average molecular weight is 724 g/mol. The lowest BCUT2D eigenvalue weighted by Crippen LogP contribution is -2.33. The Bertz CT molecular complexity index is 3150. The highest BCUT2D eigenvalue weighted by atomic mass is 15.2. The lowest BCUT2D eigenvalue weighted by molar-refractivity contribution is 0.332. The summed E-state index contributed by atoms with van der Waals surface area (Å²) in [5, 5.41) is 7.46. The molecule has 3 heterocycles. The molecule has 0 atom stereocenters. The van der Waals surface area contributed by atoms with Gasteiger partial charge in [0.1, 0.15) is 0 Å². The molecule has 0 unspecified atom stereocenters. The fraction of sp³-hybridized carbons (Fsp3) is 0.157. The zero-order valence-electron chi connectivity index (χ0n) is 32.1. The van der Waals surface area contributed by atoms with Gasteiger partial charge in [0.2, 0.25) is 5.95 Å². The van der Waals surface area contributed by atoms with Crippen LogP contribution in [0.5, 0.6) is 0 Å². The summed E-state index contributed by atoms with van der Waals surface area (Å²) in [5.74, 6) is 1.86. The van der Waals surface area contributed by atoms with Crippen LogP contribution in [0, 0.1) is 0 Å². The van der Waals surface area contributed by atoms with E-state index in [1.165, 1.54) is 60.9 Å². The van der Waals surface area contributed by atoms with Gasteiger partial charge in [0.15, 0.2) is 11.6 Å². The maximum atomic E-state index is 5.28. The fourth-order valence-corrected chi connectivity index (χ4v) is 9.36. The first kappa shape index (κ1) is 32.8. The van der Waals surface area contributed by atoms with Crippen LogP contribution >= 0.6 is 0 Å². The highest BCUT2D eigenvalue weighted by molar-refractivity contribution is 6.21. The van der Waals surface area contributed by atoms with Gasteiger partial charge in [-0.15, -0.1) is 0 Å². The van der Waals surface area contributed by atoms with E-state index in [0.29, 0.717) is 17.6 Å². The lowest BCUT2D eigenvalue weighted by Gasteiger charge is -2.42. The molecule has 7 aromatic carbocycles. The number of hydrogen-bond donors (Lipinski definition) is 0. The Morgan fingerprint density at radius 2 is 1.02 bits per heavy atom. The van der Waals surface area contributed by atoms with Crippen LogP contribution in [0.2, 0.25) is 0 Å². The molecule has 1 aliphatic rings. The molecule has 0 saturated carbocycles. The van der Waals surface area contributed by atoms with Crippen LogP contribution in [-0.4, -0.2) is 24.1 Å². The fourth-order valence-electron chi connectivity index (χ4n) is 9.36. The second-order valence-corrected chi connectivity index (χ2v) is 16.8.